The minimum Gasteiger partial charge on any atom is -0.388 e. The summed E-state index contributed by atoms with van der Waals surface area (Å²) in [5, 5.41) is 8.55. The van der Waals surface area contributed by atoms with Gasteiger partial charge in [0.15, 0.2) is 0 Å². The molecule has 0 unspecified atom stereocenters. The lowest BCUT2D eigenvalue weighted by Crippen LogP contribution is -2.48. The highest BCUT2D eigenvalue weighted by atomic mass is 16.5. The molecule has 2 nitrogen and oxygen atoms in total. The van der Waals surface area contributed by atoms with Gasteiger partial charge in [0, 0.05) is 0 Å². The standard InChI is InChI=1S/C17H19NO/c18-11-19-16-3-1-15(2-4-16)17-8-12-5-13(9-17)7-14(6-12)10-17/h1-4,12-14H,5-10H2. The molecule has 0 aromatic heterocycles. The van der Waals surface area contributed by atoms with Crippen LogP contribution in [-0.4, -0.2) is 0 Å². The Morgan fingerprint density at radius 2 is 1.47 bits per heavy atom. The van der Waals surface area contributed by atoms with E-state index >= 15 is 0 Å². The van der Waals surface area contributed by atoms with Crippen LogP contribution in [0.3, 0.4) is 0 Å². The Labute approximate surface area is 114 Å². The number of rotatable bonds is 2. The van der Waals surface area contributed by atoms with Gasteiger partial charge in [0.25, 0.3) is 6.26 Å². The number of benzene rings is 1. The van der Waals surface area contributed by atoms with E-state index in [1.54, 1.807) is 6.26 Å². The highest BCUT2D eigenvalue weighted by molar-refractivity contribution is 5.35. The fourth-order valence-electron chi connectivity index (χ4n) is 5.39. The molecule has 1 aromatic rings. The zero-order valence-electron chi connectivity index (χ0n) is 11.1. The first-order chi connectivity index (χ1) is 9.27. The molecule has 1 aromatic carbocycles. The van der Waals surface area contributed by atoms with Crippen LogP contribution < -0.4 is 4.74 Å². The summed E-state index contributed by atoms with van der Waals surface area (Å²) in [6.45, 7) is 0. The van der Waals surface area contributed by atoms with E-state index in [9.17, 15) is 0 Å². The van der Waals surface area contributed by atoms with Gasteiger partial charge in [-0.05, 0) is 79.4 Å². The van der Waals surface area contributed by atoms with Crippen molar-refractivity contribution >= 4 is 0 Å². The molecular weight excluding hydrogens is 234 g/mol. The molecule has 2 heteroatoms. The van der Waals surface area contributed by atoms with Crippen molar-refractivity contribution in [2.75, 3.05) is 0 Å². The second-order valence-corrected chi connectivity index (χ2v) is 6.92. The fourth-order valence-corrected chi connectivity index (χ4v) is 5.39. The maximum absolute atomic E-state index is 8.55. The van der Waals surface area contributed by atoms with Crippen LogP contribution in [0.15, 0.2) is 24.3 Å². The van der Waals surface area contributed by atoms with Crippen molar-refractivity contribution in [3.05, 3.63) is 29.8 Å². The van der Waals surface area contributed by atoms with Gasteiger partial charge < -0.3 is 4.74 Å². The summed E-state index contributed by atoms with van der Waals surface area (Å²) in [5.41, 5.74) is 1.93. The maximum Gasteiger partial charge on any atom is 0.292 e. The minimum absolute atomic E-state index is 0.444. The smallest absolute Gasteiger partial charge is 0.292 e. The molecule has 4 saturated carbocycles. The highest BCUT2D eigenvalue weighted by Crippen LogP contribution is 2.60. The van der Waals surface area contributed by atoms with Gasteiger partial charge in [0.05, 0.1) is 0 Å². The topological polar surface area (TPSA) is 33.0 Å². The lowest BCUT2D eigenvalue weighted by molar-refractivity contribution is -0.00519. The van der Waals surface area contributed by atoms with Crippen LogP contribution in [0.5, 0.6) is 5.75 Å². The average Bonchev–Trinajstić information content (AvgIpc) is 2.38. The highest BCUT2D eigenvalue weighted by Gasteiger charge is 2.51. The van der Waals surface area contributed by atoms with E-state index < -0.39 is 0 Å². The number of ether oxygens (including phenoxy) is 1. The fraction of sp³-hybridized carbons (Fsp3) is 0.588. The molecular formula is C17H19NO. The molecule has 4 fully saturated rings. The monoisotopic (exact) mass is 253 g/mol. The van der Waals surface area contributed by atoms with Crippen LogP contribution in [0.2, 0.25) is 0 Å². The van der Waals surface area contributed by atoms with Gasteiger partial charge in [-0.2, -0.15) is 0 Å². The Bertz CT molecular complexity index is 490. The maximum atomic E-state index is 8.55. The molecule has 4 aliphatic rings. The molecule has 98 valence electrons. The first kappa shape index (κ1) is 11.3. The summed E-state index contributed by atoms with van der Waals surface area (Å²) in [4.78, 5) is 0. The molecule has 4 bridgehead atoms. The molecule has 0 heterocycles. The van der Waals surface area contributed by atoms with E-state index in [0.29, 0.717) is 11.2 Å². The summed E-state index contributed by atoms with van der Waals surface area (Å²) in [6.07, 6.45) is 10.3. The Kier molecular flexibility index (Phi) is 2.39. The van der Waals surface area contributed by atoms with Gasteiger partial charge in [-0.1, -0.05) is 12.1 Å². The molecule has 4 aliphatic carbocycles. The predicted octanol–water partition coefficient (Wildman–Crippen LogP) is 4.01. The van der Waals surface area contributed by atoms with Gasteiger partial charge in [-0.25, -0.2) is 0 Å². The molecule has 0 aliphatic heterocycles. The second kappa shape index (κ2) is 4.00. The quantitative estimate of drug-likeness (QED) is 0.746. The number of hydrogen-bond acceptors (Lipinski definition) is 2. The van der Waals surface area contributed by atoms with Crippen LogP contribution in [0.1, 0.15) is 44.1 Å². The molecule has 0 atom stereocenters. The Morgan fingerprint density at radius 3 is 1.95 bits per heavy atom. The van der Waals surface area contributed by atoms with Crippen LogP contribution in [0, 0.1) is 29.3 Å². The zero-order chi connectivity index (χ0) is 12.9. The van der Waals surface area contributed by atoms with Crippen molar-refractivity contribution in [3.63, 3.8) is 0 Å². The van der Waals surface area contributed by atoms with Crippen LogP contribution in [-0.2, 0) is 5.41 Å². The van der Waals surface area contributed by atoms with E-state index in [1.807, 2.05) is 12.1 Å². The lowest BCUT2D eigenvalue weighted by atomic mass is 9.48. The third-order valence-electron chi connectivity index (χ3n) is 5.67. The van der Waals surface area contributed by atoms with Gasteiger partial charge in [-0.3, -0.25) is 0 Å². The molecule has 5 rings (SSSR count). The van der Waals surface area contributed by atoms with Gasteiger partial charge in [-0.15, -0.1) is 5.26 Å². The predicted molar refractivity (Wildman–Crippen MR) is 72.5 cm³/mol. The van der Waals surface area contributed by atoms with Gasteiger partial charge >= 0.3 is 0 Å². The lowest BCUT2D eigenvalue weighted by Gasteiger charge is -2.57. The van der Waals surface area contributed by atoms with Crippen LogP contribution in [0.4, 0.5) is 0 Å². The van der Waals surface area contributed by atoms with Crippen molar-refractivity contribution in [2.45, 2.75) is 43.9 Å². The number of nitriles is 1. The molecule has 0 spiro atoms. The summed E-state index contributed by atoms with van der Waals surface area (Å²) in [6, 6.07) is 8.30. The molecule has 0 radical (unpaired) electrons. The summed E-state index contributed by atoms with van der Waals surface area (Å²) in [7, 11) is 0. The third kappa shape index (κ3) is 1.75. The van der Waals surface area contributed by atoms with Crippen molar-refractivity contribution in [2.24, 2.45) is 17.8 Å². The van der Waals surface area contributed by atoms with E-state index in [-0.39, 0.29) is 0 Å². The first-order valence-corrected chi connectivity index (χ1v) is 7.44. The third-order valence-corrected chi connectivity index (χ3v) is 5.67. The number of nitrogens with zero attached hydrogens (tertiary/aromatic N) is 1. The number of hydrogen-bond donors (Lipinski definition) is 0. The molecule has 19 heavy (non-hydrogen) atoms. The Morgan fingerprint density at radius 1 is 0.947 bits per heavy atom. The van der Waals surface area contributed by atoms with Crippen molar-refractivity contribution < 1.29 is 4.74 Å². The van der Waals surface area contributed by atoms with Crippen molar-refractivity contribution in [3.8, 4) is 12.0 Å². The largest absolute Gasteiger partial charge is 0.388 e. The van der Waals surface area contributed by atoms with Crippen LogP contribution in [0.25, 0.3) is 0 Å². The van der Waals surface area contributed by atoms with Crippen molar-refractivity contribution in [1.82, 2.24) is 0 Å². The normalized spacial score (nSPS) is 39.0. The second-order valence-electron chi connectivity index (χ2n) is 6.92. The summed E-state index contributed by atoms with van der Waals surface area (Å²) in [5.74, 6) is 3.58. The van der Waals surface area contributed by atoms with E-state index in [1.165, 1.54) is 44.1 Å². The summed E-state index contributed by atoms with van der Waals surface area (Å²) < 4.78 is 4.89. The Balaban J connectivity index is 1.66. The van der Waals surface area contributed by atoms with Gasteiger partial charge in [0.2, 0.25) is 0 Å². The van der Waals surface area contributed by atoms with Crippen LogP contribution >= 0.6 is 0 Å². The van der Waals surface area contributed by atoms with E-state index in [4.69, 9.17) is 10.00 Å². The van der Waals surface area contributed by atoms with E-state index in [2.05, 4.69) is 12.1 Å². The SMILES string of the molecule is N#COc1ccc(C23CC4CC(CC(C4)C2)C3)cc1. The zero-order valence-corrected chi connectivity index (χ0v) is 11.1. The summed E-state index contributed by atoms with van der Waals surface area (Å²) >= 11 is 0. The Hall–Kier alpha value is -1.49. The molecule has 0 amide bonds. The van der Waals surface area contributed by atoms with E-state index in [0.717, 1.165) is 17.8 Å². The first-order valence-electron chi connectivity index (χ1n) is 7.44. The molecule has 0 N–H and O–H groups in total. The van der Waals surface area contributed by atoms with Gasteiger partial charge in [0.1, 0.15) is 5.75 Å². The average molecular weight is 253 g/mol. The minimum atomic E-state index is 0.444. The molecule has 0 saturated heterocycles. The van der Waals surface area contributed by atoms with Crippen molar-refractivity contribution in [1.29, 1.82) is 5.26 Å².